The summed E-state index contributed by atoms with van der Waals surface area (Å²) >= 11 is 0. The maximum atomic E-state index is 12.3. The van der Waals surface area contributed by atoms with Crippen LogP contribution < -0.4 is 22.5 Å². The molecule has 6 rings (SSSR count). The fraction of sp³-hybridized carbons (Fsp3) is 0.176. The molecule has 2 amide bonds. The number of hydrogen-bond acceptors (Lipinski definition) is 6. The Morgan fingerprint density at radius 3 is 1.43 bits per heavy atom. The highest BCUT2D eigenvalue weighted by Crippen LogP contribution is 2.30. The van der Waals surface area contributed by atoms with Gasteiger partial charge in [-0.2, -0.15) is 0 Å². The number of aryl methyl sites for hydroxylation is 2. The number of hydrogen-bond donors (Lipinski definition) is 4. The minimum absolute atomic E-state index is 0.0665. The van der Waals surface area contributed by atoms with Gasteiger partial charge < -0.3 is 9.13 Å². The number of aromatic nitrogens is 4. The molecular formula is C34H34N8O2. The van der Waals surface area contributed by atoms with E-state index >= 15 is 0 Å². The van der Waals surface area contributed by atoms with E-state index in [1.54, 1.807) is 0 Å². The van der Waals surface area contributed by atoms with Crippen LogP contribution in [0.5, 0.6) is 0 Å². The summed E-state index contributed by atoms with van der Waals surface area (Å²) in [6.07, 6.45) is 1.16. The van der Waals surface area contributed by atoms with Gasteiger partial charge >= 0.3 is 0 Å². The van der Waals surface area contributed by atoms with Gasteiger partial charge in [0.25, 0.3) is 11.8 Å². The van der Waals surface area contributed by atoms with Gasteiger partial charge in [-0.25, -0.2) is 21.7 Å². The molecule has 222 valence electrons. The predicted molar refractivity (Wildman–Crippen MR) is 171 cm³/mol. The molecule has 0 radical (unpaired) electrons. The first-order chi connectivity index (χ1) is 21.3. The van der Waals surface area contributed by atoms with E-state index < -0.39 is 0 Å². The largest absolute Gasteiger partial charge is 0.318 e. The summed E-state index contributed by atoms with van der Waals surface area (Å²) in [6.45, 7) is 4.27. The molecule has 0 unspecified atom stereocenters. The number of carbonyl (C=O) groups is 2. The zero-order valence-electron chi connectivity index (χ0n) is 24.7. The van der Waals surface area contributed by atoms with Gasteiger partial charge in [-0.1, -0.05) is 60.7 Å². The fourth-order valence-corrected chi connectivity index (χ4v) is 5.68. The summed E-state index contributed by atoms with van der Waals surface area (Å²) < 4.78 is 3.83. The molecule has 44 heavy (non-hydrogen) atoms. The van der Waals surface area contributed by atoms with Crippen LogP contribution in [-0.2, 0) is 35.5 Å². The van der Waals surface area contributed by atoms with E-state index in [0.717, 1.165) is 67.1 Å². The molecule has 10 heteroatoms. The topological polar surface area (TPSA) is 146 Å². The number of benzene rings is 4. The third kappa shape index (κ3) is 5.68. The Hall–Kier alpha value is -5.32. The second-order valence-corrected chi connectivity index (χ2v) is 11.0. The summed E-state index contributed by atoms with van der Waals surface area (Å²) in [5, 5.41) is 0. The molecule has 4 aromatic carbocycles. The van der Waals surface area contributed by atoms with Gasteiger partial charge in [-0.3, -0.25) is 20.4 Å². The Bertz CT molecular complexity index is 1880. The first-order valence-electron chi connectivity index (χ1n) is 14.4. The molecule has 0 fully saturated rings. The lowest BCUT2D eigenvalue weighted by Gasteiger charge is -2.10. The molecule has 6 N–H and O–H groups in total. The van der Waals surface area contributed by atoms with E-state index in [4.69, 9.17) is 21.7 Å². The maximum absolute atomic E-state index is 12.3. The number of rotatable bonds is 9. The van der Waals surface area contributed by atoms with Gasteiger partial charge in [0.15, 0.2) is 0 Å². The summed E-state index contributed by atoms with van der Waals surface area (Å²) in [7, 11) is 0. The van der Waals surface area contributed by atoms with Crippen LogP contribution in [0.3, 0.4) is 0 Å². The Kier molecular flexibility index (Phi) is 7.93. The van der Waals surface area contributed by atoms with Crippen molar-refractivity contribution in [1.29, 1.82) is 0 Å². The van der Waals surface area contributed by atoms with Crippen molar-refractivity contribution in [2.75, 3.05) is 0 Å². The number of nitrogens with two attached hydrogens (primary N) is 2. The van der Waals surface area contributed by atoms with Crippen molar-refractivity contribution in [1.82, 2.24) is 30.0 Å². The van der Waals surface area contributed by atoms with E-state index in [1.807, 2.05) is 69.8 Å². The summed E-state index contributed by atoms with van der Waals surface area (Å²) in [5.41, 5.74) is 14.3. The number of carbonyl (C=O) groups excluding carboxylic acids is 2. The van der Waals surface area contributed by atoms with Crippen molar-refractivity contribution in [3.05, 3.63) is 119 Å². The molecule has 2 heterocycles. The minimum atomic E-state index is -0.301. The van der Waals surface area contributed by atoms with Gasteiger partial charge in [0.1, 0.15) is 24.7 Å². The fourth-order valence-electron chi connectivity index (χ4n) is 5.68. The van der Waals surface area contributed by atoms with Crippen molar-refractivity contribution >= 4 is 33.9 Å². The number of nitrogens with one attached hydrogen (secondary N) is 2. The Balaban J connectivity index is 1.40. The van der Waals surface area contributed by atoms with E-state index in [1.165, 1.54) is 0 Å². The third-order valence-electron chi connectivity index (χ3n) is 8.13. The highest BCUT2D eigenvalue weighted by Gasteiger charge is 2.18. The average Bonchev–Trinajstić information content (AvgIpc) is 3.54. The predicted octanol–water partition coefficient (Wildman–Crippen LogP) is 3.83. The average molecular weight is 587 g/mol. The first kappa shape index (κ1) is 28.8. The van der Waals surface area contributed by atoms with Crippen molar-refractivity contribution in [2.24, 2.45) is 11.7 Å². The van der Waals surface area contributed by atoms with Crippen LogP contribution in [0, 0.1) is 13.8 Å². The Labute approximate surface area is 254 Å². The van der Waals surface area contributed by atoms with E-state index in [0.29, 0.717) is 12.8 Å². The zero-order chi connectivity index (χ0) is 30.8. The SMILES string of the molecule is Cc1ccccc1Cc1nc2cc(-c3ccc4c(c3)nc(Cc3ccccc3C)n4CC(=O)NN)ccc2n1CC(=O)NN. The van der Waals surface area contributed by atoms with Crippen molar-refractivity contribution in [3.63, 3.8) is 0 Å². The molecule has 0 saturated heterocycles. The van der Waals surface area contributed by atoms with Crippen molar-refractivity contribution < 1.29 is 9.59 Å². The van der Waals surface area contributed by atoms with Crippen LogP contribution in [-0.4, -0.2) is 30.9 Å². The molecule has 10 nitrogen and oxygen atoms in total. The van der Waals surface area contributed by atoms with Crippen LogP contribution in [0.2, 0.25) is 0 Å². The van der Waals surface area contributed by atoms with E-state index in [-0.39, 0.29) is 24.9 Å². The van der Waals surface area contributed by atoms with Crippen molar-refractivity contribution in [2.45, 2.75) is 39.8 Å². The van der Waals surface area contributed by atoms with Crippen LogP contribution in [0.1, 0.15) is 33.9 Å². The number of imidazole rings is 2. The highest BCUT2D eigenvalue weighted by molar-refractivity contribution is 5.88. The number of fused-ring (bicyclic) bond motifs is 2. The second kappa shape index (κ2) is 12.1. The van der Waals surface area contributed by atoms with Crippen molar-refractivity contribution in [3.8, 4) is 11.1 Å². The first-order valence-corrected chi connectivity index (χ1v) is 14.4. The molecule has 0 saturated carbocycles. The Morgan fingerprint density at radius 1 is 0.636 bits per heavy atom. The lowest BCUT2D eigenvalue weighted by Crippen LogP contribution is -2.33. The van der Waals surface area contributed by atoms with Crippen LogP contribution in [0.25, 0.3) is 33.2 Å². The van der Waals surface area contributed by atoms with E-state index in [9.17, 15) is 9.59 Å². The molecule has 6 aromatic rings. The molecule has 0 aliphatic carbocycles. The number of hydrazine groups is 2. The Morgan fingerprint density at radius 2 is 1.05 bits per heavy atom. The molecule has 2 aromatic heterocycles. The van der Waals surface area contributed by atoms with Crippen LogP contribution in [0.4, 0.5) is 0 Å². The maximum Gasteiger partial charge on any atom is 0.253 e. The number of nitrogens with zero attached hydrogens (tertiary/aromatic N) is 4. The van der Waals surface area contributed by atoms with Gasteiger partial charge in [0.2, 0.25) is 0 Å². The lowest BCUT2D eigenvalue weighted by atomic mass is 10.0. The number of amides is 2. The summed E-state index contributed by atoms with van der Waals surface area (Å²) in [6, 6.07) is 28.4. The minimum Gasteiger partial charge on any atom is -0.318 e. The van der Waals surface area contributed by atoms with Gasteiger partial charge in [0.05, 0.1) is 22.1 Å². The van der Waals surface area contributed by atoms with Crippen LogP contribution in [0.15, 0.2) is 84.9 Å². The monoisotopic (exact) mass is 586 g/mol. The van der Waals surface area contributed by atoms with Crippen LogP contribution >= 0.6 is 0 Å². The molecule has 0 aliphatic heterocycles. The smallest absolute Gasteiger partial charge is 0.253 e. The molecule has 0 bridgehead atoms. The summed E-state index contributed by atoms with van der Waals surface area (Å²) in [5.74, 6) is 11.8. The van der Waals surface area contributed by atoms with Gasteiger partial charge in [-0.05, 0) is 71.5 Å². The standard InChI is InChI=1S/C34H34N8O2/c1-21-7-3-5-9-23(21)17-31-37-27-15-25(11-13-29(27)41(31)19-33(43)39-35)26-12-14-30-28(16-26)38-32(42(30)20-34(44)40-36)18-24-10-6-4-8-22(24)2/h3-16H,17-20,35-36H2,1-2H3,(H,39,43)(H,40,44). The molecule has 0 aliphatic rings. The van der Waals surface area contributed by atoms with Gasteiger partial charge in [-0.15, -0.1) is 0 Å². The van der Waals surface area contributed by atoms with Gasteiger partial charge in [0, 0.05) is 12.8 Å². The van der Waals surface area contributed by atoms with E-state index in [2.05, 4.69) is 49.0 Å². The quantitative estimate of drug-likeness (QED) is 0.115. The summed E-state index contributed by atoms with van der Waals surface area (Å²) in [4.78, 5) is 34.6. The normalized spacial score (nSPS) is 11.3. The third-order valence-corrected chi connectivity index (χ3v) is 8.13. The molecule has 0 spiro atoms. The molecule has 0 atom stereocenters. The second-order valence-electron chi connectivity index (χ2n) is 11.0. The highest BCUT2D eigenvalue weighted by atomic mass is 16.2. The lowest BCUT2D eigenvalue weighted by molar-refractivity contribution is -0.122. The molecular weight excluding hydrogens is 552 g/mol. The zero-order valence-corrected chi connectivity index (χ0v) is 24.7.